The van der Waals surface area contributed by atoms with Crippen LogP contribution >= 0.6 is 0 Å². The molecule has 130 valence electrons. The number of nitrogens with zero attached hydrogens (tertiary/aromatic N) is 4. The highest BCUT2D eigenvalue weighted by Crippen LogP contribution is 2.21. The Labute approximate surface area is 156 Å². The molecule has 0 saturated carbocycles. The summed E-state index contributed by atoms with van der Waals surface area (Å²) in [6.45, 7) is 0.366. The number of hydrogen-bond acceptors (Lipinski definition) is 3. The van der Waals surface area contributed by atoms with Gasteiger partial charge < -0.3 is 9.30 Å². The van der Waals surface area contributed by atoms with Gasteiger partial charge in [0.25, 0.3) is 5.91 Å². The molecule has 0 fully saturated rings. The van der Waals surface area contributed by atoms with E-state index in [1.165, 1.54) is 0 Å². The predicted molar refractivity (Wildman–Crippen MR) is 103 cm³/mol. The van der Waals surface area contributed by atoms with Crippen LogP contribution in [-0.4, -0.2) is 15.3 Å². The molecule has 5 heteroatoms. The van der Waals surface area contributed by atoms with E-state index in [9.17, 15) is 4.79 Å². The lowest BCUT2D eigenvalue weighted by molar-refractivity contribution is 0.0984. The Kier molecular flexibility index (Phi) is 4.38. The minimum absolute atomic E-state index is 0.163. The van der Waals surface area contributed by atoms with Gasteiger partial charge in [0.05, 0.1) is 30.1 Å². The average Bonchev–Trinajstić information content (AvgIpc) is 3.15. The second-order valence-corrected chi connectivity index (χ2v) is 6.10. The van der Waals surface area contributed by atoms with Crippen LogP contribution in [0.15, 0.2) is 85.2 Å². The largest absolute Gasteiger partial charge is 0.302 e. The molecule has 0 aliphatic heterocycles. The third-order valence-corrected chi connectivity index (χ3v) is 4.37. The Bertz CT molecular complexity index is 1140. The zero-order valence-corrected chi connectivity index (χ0v) is 14.5. The first kappa shape index (κ1) is 16.6. The number of amides is 1. The number of carbonyl (C=O) groups excluding carboxylic acids is 1. The maximum Gasteiger partial charge on any atom is 0.258 e. The SMILES string of the molecule is N#Cc1cccc(C(=O)N(Cc2cnc3ccccn23)c2ccccc2)c1. The molecule has 0 spiro atoms. The average molecular weight is 352 g/mol. The van der Waals surface area contributed by atoms with Gasteiger partial charge in [0.15, 0.2) is 0 Å². The van der Waals surface area contributed by atoms with E-state index < -0.39 is 0 Å². The lowest BCUT2D eigenvalue weighted by atomic mass is 10.1. The number of para-hydroxylation sites is 1. The summed E-state index contributed by atoms with van der Waals surface area (Å²) in [5.41, 5.74) is 3.46. The van der Waals surface area contributed by atoms with Gasteiger partial charge in [-0.3, -0.25) is 4.79 Å². The van der Waals surface area contributed by atoms with Crippen molar-refractivity contribution in [1.82, 2.24) is 9.38 Å². The molecule has 2 aromatic carbocycles. The monoisotopic (exact) mass is 352 g/mol. The number of imidazole rings is 1. The molecule has 0 bridgehead atoms. The Morgan fingerprint density at radius 2 is 1.85 bits per heavy atom. The summed E-state index contributed by atoms with van der Waals surface area (Å²) in [4.78, 5) is 19.4. The van der Waals surface area contributed by atoms with E-state index >= 15 is 0 Å². The second kappa shape index (κ2) is 7.14. The quantitative estimate of drug-likeness (QED) is 0.556. The lowest BCUT2D eigenvalue weighted by Gasteiger charge is -2.23. The standard InChI is InChI=1S/C22H16N4O/c23-14-17-7-6-8-18(13-17)22(27)26(19-9-2-1-3-10-19)16-20-15-24-21-11-4-5-12-25(20)21/h1-13,15H,16H2. The van der Waals surface area contributed by atoms with Crippen LogP contribution in [0.3, 0.4) is 0 Å². The Balaban J connectivity index is 1.75. The van der Waals surface area contributed by atoms with Gasteiger partial charge in [-0.15, -0.1) is 0 Å². The molecule has 2 heterocycles. The fourth-order valence-electron chi connectivity index (χ4n) is 3.03. The minimum atomic E-state index is -0.163. The highest BCUT2D eigenvalue weighted by atomic mass is 16.2. The summed E-state index contributed by atoms with van der Waals surface area (Å²) in [5.74, 6) is -0.163. The molecule has 2 aromatic heterocycles. The third-order valence-electron chi connectivity index (χ3n) is 4.37. The van der Waals surface area contributed by atoms with Crippen LogP contribution in [0, 0.1) is 11.3 Å². The van der Waals surface area contributed by atoms with Crippen LogP contribution < -0.4 is 4.90 Å². The van der Waals surface area contributed by atoms with Crippen molar-refractivity contribution in [2.45, 2.75) is 6.54 Å². The Morgan fingerprint density at radius 1 is 1.04 bits per heavy atom. The molecule has 0 atom stereocenters. The smallest absolute Gasteiger partial charge is 0.258 e. The number of rotatable bonds is 4. The van der Waals surface area contributed by atoms with Crippen LogP contribution in [0.1, 0.15) is 21.6 Å². The maximum atomic E-state index is 13.3. The van der Waals surface area contributed by atoms with Crippen LogP contribution in [0.2, 0.25) is 0 Å². The topological polar surface area (TPSA) is 61.4 Å². The van der Waals surface area contributed by atoms with Crippen molar-refractivity contribution in [3.8, 4) is 6.07 Å². The van der Waals surface area contributed by atoms with Gasteiger partial charge in [-0.25, -0.2) is 4.98 Å². The van der Waals surface area contributed by atoms with Crippen molar-refractivity contribution < 1.29 is 4.79 Å². The molecule has 0 aliphatic carbocycles. The number of fused-ring (bicyclic) bond motifs is 1. The zero-order valence-electron chi connectivity index (χ0n) is 14.5. The fourth-order valence-corrected chi connectivity index (χ4v) is 3.03. The van der Waals surface area contributed by atoms with Gasteiger partial charge in [-0.1, -0.05) is 30.3 Å². The normalized spacial score (nSPS) is 10.5. The predicted octanol–water partition coefficient (Wildman–Crippen LogP) is 4.05. The lowest BCUT2D eigenvalue weighted by Crippen LogP contribution is -2.31. The summed E-state index contributed by atoms with van der Waals surface area (Å²) in [5, 5.41) is 9.14. The van der Waals surface area contributed by atoms with Crippen molar-refractivity contribution in [3.63, 3.8) is 0 Å². The number of hydrogen-bond donors (Lipinski definition) is 0. The summed E-state index contributed by atoms with van der Waals surface area (Å²) >= 11 is 0. The van der Waals surface area contributed by atoms with Crippen molar-refractivity contribution in [2.75, 3.05) is 4.90 Å². The van der Waals surface area contributed by atoms with E-state index in [-0.39, 0.29) is 5.91 Å². The van der Waals surface area contributed by atoms with Crippen LogP contribution in [0.5, 0.6) is 0 Å². The van der Waals surface area contributed by atoms with Gasteiger partial charge in [0, 0.05) is 17.4 Å². The molecular formula is C22H16N4O. The highest BCUT2D eigenvalue weighted by molar-refractivity contribution is 6.06. The molecule has 0 saturated heterocycles. The molecule has 0 N–H and O–H groups in total. The van der Waals surface area contributed by atoms with Crippen molar-refractivity contribution in [1.29, 1.82) is 5.26 Å². The van der Waals surface area contributed by atoms with Crippen molar-refractivity contribution >= 4 is 17.2 Å². The molecule has 4 aromatic rings. The first-order valence-electron chi connectivity index (χ1n) is 8.54. The second-order valence-electron chi connectivity index (χ2n) is 6.10. The van der Waals surface area contributed by atoms with E-state index in [0.717, 1.165) is 17.0 Å². The highest BCUT2D eigenvalue weighted by Gasteiger charge is 2.20. The van der Waals surface area contributed by atoms with Crippen LogP contribution in [0.4, 0.5) is 5.69 Å². The number of pyridine rings is 1. The first-order valence-corrected chi connectivity index (χ1v) is 8.54. The number of carbonyl (C=O) groups is 1. The Hall–Kier alpha value is -3.91. The summed E-state index contributed by atoms with van der Waals surface area (Å²) in [6.07, 6.45) is 3.71. The molecule has 0 aliphatic rings. The number of nitriles is 1. The van der Waals surface area contributed by atoms with Gasteiger partial charge in [0.2, 0.25) is 0 Å². The number of benzene rings is 2. The summed E-state index contributed by atoms with van der Waals surface area (Å²) in [7, 11) is 0. The molecule has 27 heavy (non-hydrogen) atoms. The van der Waals surface area contributed by atoms with E-state index in [1.807, 2.05) is 59.1 Å². The van der Waals surface area contributed by atoms with Crippen LogP contribution in [-0.2, 0) is 6.54 Å². The molecule has 5 nitrogen and oxygen atoms in total. The number of aromatic nitrogens is 2. The Morgan fingerprint density at radius 3 is 2.67 bits per heavy atom. The molecular weight excluding hydrogens is 336 g/mol. The fraction of sp³-hybridized carbons (Fsp3) is 0.0455. The zero-order chi connectivity index (χ0) is 18.6. The molecule has 0 radical (unpaired) electrons. The summed E-state index contributed by atoms with van der Waals surface area (Å²) < 4.78 is 1.97. The van der Waals surface area contributed by atoms with E-state index in [0.29, 0.717) is 17.7 Å². The van der Waals surface area contributed by atoms with Crippen LogP contribution in [0.25, 0.3) is 5.65 Å². The third kappa shape index (κ3) is 3.29. The van der Waals surface area contributed by atoms with Crippen molar-refractivity contribution in [3.05, 3.63) is 102 Å². The van der Waals surface area contributed by atoms with E-state index in [4.69, 9.17) is 5.26 Å². The van der Waals surface area contributed by atoms with Gasteiger partial charge >= 0.3 is 0 Å². The first-order chi connectivity index (χ1) is 13.3. The molecule has 4 rings (SSSR count). The maximum absolute atomic E-state index is 13.3. The van der Waals surface area contributed by atoms with E-state index in [1.54, 1.807) is 35.4 Å². The van der Waals surface area contributed by atoms with Crippen molar-refractivity contribution in [2.24, 2.45) is 0 Å². The number of anilines is 1. The molecule has 0 unspecified atom stereocenters. The van der Waals surface area contributed by atoms with Gasteiger partial charge in [-0.05, 0) is 42.5 Å². The molecule has 1 amide bonds. The van der Waals surface area contributed by atoms with Gasteiger partial charge in [-0.2, -0.15) is 5.26 Å². The van der Waals surface area contributed by atoms with Gasteiger partial charge in [0.1, 0.15) is 5.65 Å². The minimum Gasteiger partial charge on any atom is -0.302 e. The summed E-state index contributed by atoms with van der Waals surface area (Å²) in [6, 6.07) is 24.1. The van der Waals surface area contributed by atoms with E-state index in [2.05, 4.69) is 11.1 Å².